The smallest absolute Gasteiger partial charge is 0.264 e. The molecule has 0 unspecified atom stereocenters. The average Bonchev–Trinajstić information content (AvgIpc) is 3.23. The fourth-order valence-electron chi connectivity index (χ4n) is 3.76. The van der Waals surface area contributed by atoms with E-state index in [9.17, 15) is 16.8 Å². The molecule has 0 atom stereocenters. The number of sulfonamides is 2. The molecule has 0 saturated carbocycles. The zero-order valence-electron chi connectivity index (χ0n) is 15.2. The molecule has 2 aliphatic heterocycles. The van der Waals surface area contributed by atoms with Crippen molar-refractivity contribution < 1.29 is 16.8 Å². The predicted octanol–water partition coefficient (Wildman–Crippen LogP) is 3.27. The van der Waals surface area contributed by atoms with E-state index >= 15 is 0 Å². The van der Waals surface area contributed by atoms with Gasteiger partial charge in [0, 0.05) is 24.7 Å². The van der Waals surface area contributed by atoms with Gasteiger partial charge in [0.25, 0.3) is 10.0 Å². The summed E-state index contributed by atoms with van der Waals surface area (Å²) in [4.78, 5) is 0.400. The van der Waals surface area contributed by atoms with Gasteiger partial charge in [-0.15, -0.1) is 0 Å². The summed E-state index contributed by atoms with van der Waals surface area (Å²) in [5, 5.41) is 0.467. The van der Waals surface area contributed by atoms with Crippen LogP contribution in [0.2, 0.25) is 5.02 Å². The van der Waals surface area contributed by atoms with E-state index < -0.39 is 20.0 Å². The monoisotopic (exact) mass is 440 g/mol. The third-order valence-corrected chi connectivity index (χ3v) is 9.21. The maximum atomic E-state index is 13.1. The van der Waals surface area contributed by atoms with E-state index in [4.69, 9.17) is 11.6 Å². The summed E-state index contributed by atoms with van der Waals surface area (Å²) in [6.07, 6.45) is 3.02. The minimum absolute atomic E-state index is 0.165. The summed E-state index contributed by atoms with van der Waals surface area (Å²) in [5.41, 5.74) is 1.28. The molecule has 1 saturated heterocycles. The van der Waals surface area contributed by atoms with Gasteiger partial charge in [-0.05, 0) is 73.7 Å². The zero-order chi connectivity index (χ0) is 19.9. The molecule has 0 radical (unpaired) electrons. The molecule has 0 aliphatic carbocycles. The molecule has 2 heterocycles. The molecule has 2 aromatic carbocycles. The van der Waals surface area contributed by atoms with Crippen molar-refractivity contribution in [2.24, 2.45) is 0 Å². The predicted molar refractivity (Wildman–Crippen MR) is 109 cm³/mol. The summed E-state index contributed by atoms with van der Waals surface area (Å²) >= 11 is 5.87. The Bertz CT molecular complexity index is 1090. The molecule has 1 fully saturated rings. The van der Waals surface area contributed by atoms with Gasteiger partial charge in [-0.1, -0.05) is 11.6 Å². The van der Waals surface area contributed by atoms with E-state index in [1.807, 2.05) is 0 Å². The molecule has 0 aromatic heterocycles. The molecule has 0 amide bonds. The Kier molecular flexibility index (Phi) is 5.16. The summed E-state index contributed by atoms with van der Waals surface area (Å²) in [7, 11) is -7.27. The Labute approximate surface area is 170 Å². The van der Waals surface area contributed by atoms with Crippen molar-refractivity contribution in [1.82, 2.24) is 4.31 Å². The summed E-state index contributed by atoms with van der Waals surface area (Å²) in [6, 6.07) is 10.8. The quantitative estimate of drug-likeness (QED) is 0.731. The van der Waals surface area contributed by atoms with Crippen molar-refractivity contribution in [2.75, 3.05) is 23.9 Å². The molecule has 6 nitrogen and oxygen atoms in total. The largest absolute Gasteiger partial charge is 0.266 e. The van der Waals surface area contributed by atoms with Crippen LogP contribution in [-0.4, -0.2) is 40.8 Å². The van der Waals surface area contributed by atoms with Crippen molar-refractivity contribution in [1.29, 1.82) is 0 Å². The van der Waals surface area contributed by atoms with Gasteiger partial charge < -0.3 is 0 Å². The molecule has 9 heteroatoms. The van der Waals surface area contributed by atoms with Gasteiger partial charge in [0.05, 0.1) is 15.5 Å². The first-order valence-electron chi connectivity index (χ1n) is 9.21. The van der Waals surface area contributed by atoms with Crippen molar-refractivity contribution in [3.05, 3.63) is 53.1 Å². The molecule has 0 bridgehead atoms. The Morgan fingerprint density at radius 3 is 2.07 bits per heavy atom. The zero-order valence-corrected chi connectivity index (χ0v) is 17.6. The summed E-state index contributed by atoms with van der Waals surface area (Å²) < 4.78 is 54.7. The first-order chi connectivity index (χ1) is 13.3. The highest BCUT2D eigenvalue weighted by Gasteiger charge is 2.32. The van der Waals surface area contributed by atoms with Gasteiger partial charge in [0.1, 0.15) is 0 Å². The fourth-order valence-corrected chi connectivity index (χ4v) is 7.00. The molecule has 2 aromatic rings. The molecule has 4 rings (SSSR count). The Hall–Kier alpha value is -1.61. The molecule has 28 heavy (non-hydrogen) atoms. The second kappa shape index (κ2) is 7.33. The lowest BCUT2D eigenvalue weighted by atomic mass is 10.0. The Morgan fingerprint density at radius 2 is 1.39 bits per heavy atom. The Morgan fingerprint density at radius 1 is 0.750 bits per heavy atom. The van der Waals surface area contributed by atoms with Crippen molar-refractivity contribution in [3.63, 3.8) is 0 Å². The number of anilines is 1. The number of nitrogens with zero attached hydrogens (tertiary/aromatic N) is 2. The van der Waals surface area contributed by atoms with Gasteiger partial charge in [0.2, 0.25) is 10.0 Å². The lowest BCUT2D eigenvalue weighted by molar-refractivity contribution is 0.477. The van der Waals surface area contributed by atoms with E-state index in [2.05, 4.69) is 0 Å². The van der Waals surface area contributed by atoms with E-state index in [1.165, 1.54) is 26.8 Å². The highest BCUT2D eigenvalue weighted by Crippen LogP contribution is 2.34. The van der Waals surface area contributed by atoms with Crippen LogP contribution in [0.1, 0.15) is 24.8 Å². The van der Waals surface area contributed by atoms with Gasteiger partial charge in [0.15, 0.2) is 0 Å². The second-order valence-electron chi connectivity index (χ2n) is 7.04. The topological polar surface area (TPSA) is 74.8 Å². The van der Waals surface area contributed by atoms with Crippen LogP contribution in [0.15, 0.2) is 52.3 Å². The second-order valence-corrected chi connectivity index (χ2v) is 11.3. The van der Waals surface area contributed by atoms with E-state index in [1.54, 1.807) is 24.3 Å². The van der Waals surface area contributed by atoms with Crippen LogP contribution in [0.25, 0.3) is 0 Å². The standard InChI is InChI=1S/C19H21ClN2O4S2/c20-16-5-7-17(8-6-16)28(25,26)22-13-3-4-15-14-18(9-10-19(15)22)27(23,24)21-11-1-2-12-21/h5-10,14H,1-4,11-13H2. The van der Waals surface area contributed by atoms with Crippen LogP contribution in [0, 0.1) is 0 Å². The van der Waals surface area contributed by atoms with E-state index in [0.29, 0.717) is 43.2 Å². The van der Waals surface area contributed by atoms with Crippen LogP contribution in [-0.2, 0) is 26.5 Å². The summed E-state index contributed by atoms with van der Waals surface area (Å²) in [5.74, 6) is 0. The minimum atomic E-state index is -3.74. The Balaban J connectivity index is 1.72. The van der Waals surface area contributed by atoms with E-state index in [-0.39, 0.29) is 9.79 Å². The number of hydrogen-bond donors (Lipinski definition) is 0. The van der Waals surface area contributed by atoms with E-state index in [0.717, 1.165) is 18.4 Å². The average molecular weight is 441 g/mol. The van der Waals surface area contributed by atoms with Crippen LogP contribution in [0.3, 0.4) is 0 Å². The van der Waals surface area contributed by atoms with Gasteiger partial charge in [-0.25, -0.2) is 16.8 Å². The highest BCUT2D eigenvalue weighted by atomic mass is 35.5. The normalized spacial score (nSPS) is 18.2. The van der Waals surface area contributed by atoms with Gasteiger partial charge in [-0.2, -0.15) is 4.31 Å². The molecule has 2 aliphatic rings. The SMILES string of the molecule is O=S(=O)(c1ccc2c(c1)CCCN2S(=O)(=O)c1ccc(Cl)cc1)N1CCCC1. The maximum absolute atomic E-state index is 13.1. The first kappa shape index (κ1) is 19.7. The van der Waals surface area contributed by atoms with Crippen LogP contribution in [0.4, 0.5) is 5.69 Å². The third kappa shape index (κ3) is 3.43. The first-order valence-corrected chi connectivity index (χ1v) is 12.5. The lowest BCUT2D eigenvalue weighted by Crippen LogP contribution is -2.35. The van der Waals surface area contributed by atoms with Crippen molar-refractivity contribution in [3.8, 4) is 0 Å². The third-order valence-electron chi connectivity index (χ3n) is 5.23. The minimum Gasteiger partial charge on any atom is -0.266 e. The molecule has 0 N–H and O–H groups in total. The molecular weight excluding hydrogens is 420 g/mol. The van der Waals surface area contributed by atoms with Crippen LogP contribution >= 0.6 is 11.6 Å². The summed E-state index contributed by atoms with van der Waals surface area (Å²) in [6.45, 7) is 1.43. The lowest BCUT2D eigenvalue weighted by Gasteiger charge is -2.31. The number of hydrogen-bond acceptors (Lipinski definition) is 4. The molecular formula is C19H21ClN2O4S2. The van der Waals surface area contributed by atoms with Gasteiger partial charge in [-0.3, -0.25) is 4.31 Å². The maximum Gasteiger partial charge on any atom is 0.264 e. The highest BCUT2D eigenvalue weighted by molar-refractivity contribution is 7.92. The van der Waals surface area contributed by atoms with Gasteiger partial charge >= 0.3 is 0 Å². The van der Waals surface area contributed by atoms with Crippen LogP contribution < -0.4 is 4.31 Å². The van der Waals surface area contributed by atoms with Crippen molar-refractivity contribution >= 4 is 37.3 Å². The number of halogens is 1. The molecule has 150 valence electrons. The molecule has 0 spiro atoms. The van der Waals surface area contributed by atoms with Crippen LogP contribution in [0.5, 0.6) is 0 Å². The number of benzene rings is 2. The number of rotatable bonds is 4. The number of aryl methyl sites for hydroxylation is 1. The number of fused-ring (bicyclic) bond motifs is 1. The van der Waals surface area contributed by atoms with Crippen molar-refractivity contribution in [2.45, 2.75) is 35.5 Å². The fraction of sp³-hybridized carbons (Fsp3) is 0.368.